The molecule has 0 spiro atoms. The van der Waals surface area contributed by atoms with Crippen LogP contribution in [0, 0.1) is 0 Å². The van der Waals surface area contributed by atoms with Gasteiger partial charge in [-0.05, 0) is 19.3 Å². The molecule has 0 heterocycles. The van der Waals surface area contributed by atoms with E-state index in [0.717, 1.165) is 12.8 Å². The van der Waals surface area contributed by atoms with E-state index in [-0.39, 0.29) is 6.04 Å². The van der Waals surface area contributed by atoms with Gasteiger partial charge in [-0.3, -0.25) is 0 Å². The predicted molar refractivity (Wildman–Crippen MR) is 49.7 cm³/mol. The lowest BCUT2D eigenvalue weighted by molar-refractivity contribution is 0.159. The maximum Gasteiger partial charge on any atom is 0.265 e. The summed E-state index contributed by atoms with van der Waals surface area (Å²) in [6, 6.07) is -0.267. The Bertz CT molecular complexity index is 228. The molecule has 0 aliphatic heterocycles. The summed E-state index contributed by atoms with van der Waals surface area (Å²) in [4.78, 5) is 0. The van der Waals surface area contributed by atoms with E-state index >= 15 is 0 Å². The van der Waals surface area contributed by atoms with Crippen LogP contribution in [0.25, 0.3) is 0 Å². The number of rotatable bonds is 2. The van der Waals surface area contributed by atoms with E-state index in [2.05, 4.69) is 4.72 Å². The molecule has 0 radical (unpaired) electrons. The van der Waals surface area contributed by atoms with Crippen molar-refractivity contribution >= 4 is 28.4 Å². The minimum Gasteiger partial charge on any atom is -0.391 e. The molecule has 4 nitrogen and oxygen atoms in total. The fourth-order valence-corrected chi connectivity index (χ4v) is 2.88. The van der Waals surface area contributed by atoms with Crippen LogP contribution < -0.4 is 4.72 Å². The van der Waals surface area contributed by atoms with Gasteiger partial charge < -0.3 is 5.11 Å². The normalized spacial score (nSPS) is 32.5. The number of nitrogens with one attached hydrogen (secondary N) is 1. The standard InChI is InChI=1S/C5H10INO3S/c6-11(9,10)7-4-2-1-3-5(4)8/h4-5,7-8H,1-3H2. The SMILES string of the molecule is O=S(=O)(I)NC1CCCC1O. The number of aliphatic hydroxyl groups is 1. The van der Waals surface area contributed by atoms with Crippen molar-refractivity contribution < 1.29 is 13.5 Å². The summed E-state index contributed by atoms with van der Waals surface area (Å²) in [5.41, 5.74) is 0. The van der Waals surface area contributed by atoms with Gasteiger partial charge in [0.05, 0.1) is 27.3 Å². The van der Waals surface area contributed by atoms with Crippen molar-refractivity contribution in [1.29, 1.82) is 0 Å². The number of halogens is 1. The second-order valence-electron chi connectivity index (χ2n) is 2.66. The van der Waals surface area contributed by atoms with Crippen molar-refractivity contribution in [3.05, 3.63) is 0 Å². The Morgan fingerprint density at radius 2 is 2.09 bits per heavy atom. The summed E-state index contributed by atoms with van der Waals surface area (Å²) in [5, 5.41) is 9.22. The van der Waals surface area contributed by atoms with Gasteiger partial charge in [0, 0.05) is 6.04 Å². The first kappa shape index (κ1) is 9.69. The lowest BCUT2D eigenvalue weighted by Crippen LogP contribution is -2.37. The predicted octanol–water partition coefficient (Wildman–Crippen LogP) is 0.169. The first-order valence-electron chi connectivity index (χ1n) is 3.39. The Morgan fingerprint density at radius 1 is 1.45 bits per heavy atom. The van der Waals surface area contributed by atoms with Crippen molar-refractivity contribution in [1.82, 2.24) is 4.72 Å². The summed E-state index contributed by atoms with van der Waals surface area (Å²) >= 11 is 1.33. The molecule has 0 amide bonds. The van der Waals surface area contributed by atoms with Crippen molar-refractivity contribution in [3.8, 4) is 0 Å². The van der Waals surface area contributed by atoms with Crippen molar-refractivity contribution in [3.63, 3.8) is 0 Å². The number of hydrogen-bond acceptors (Lipinski definition) is 3. The van der Waals surface area contributed by atoms with E-state index in [1.807, 2.05) is 0 Å². The summed E-state index contributed by atoms with van der Waals surface area (Å²) in [6.07, 6.45) is 1.83. The molecule has 2 N–H and O–H groups in total. The average Bonchev–Trinajstić information content (AvgIpc) is 2.12. The lowest BCUT2D eigenvalue weighted by atomic mass is 10.2. The molecular formula is C5H10INO3S. The van der Waals surface area contributed by atoms with Crippen LogP contribution in [0.2, 0.25) is 0 Å². The highest BCUT2D eigenvalue weighted by Gasteiger charge is 2.27. The maximum atomic E-state index is 10.7. The Hall–Kier alpha value is 0.600. The molecule has 1 fully saturated rings. The summed E-state index contributed by atoms with van der Waals surface area (Å²) in [7, 11) is -3.18. The Labute approximate surface area is 78.0 Å². The third-order valence-corrected chi connectivity index (χ3v) is 3.12. The summed E-state index contributed by atoms with van der Waals surface area (Å²) in [5.74, 6) is 0. The first-order valence-corrected chi connectivity index (χ1v) is 7.41. The van der Waals surface area contributed by atoms with Gasteiger partial charge in [-0.1, -0.05) is 0 Å². The van der Waals surface area contributed by atoms with E-state index in [1.54, 1.807) is 0 Å². The quantitative estimate of drug-likeness (QED) is 0.563. The molecule has 0 saturated heterocycles. The third-order valence-electron chi connectivity index (χ3n) is 1.77. The molecule has 0 aromatic heterocycles. The molecule has 0 bridgehead atoms. The van der Waals surface area contributed by atoms with Gasteiger partial charge in [-0.25, -0.2) is 13.1 Å². The van der Waals surface area contributed by atoms with Gasteiger partial charge in [0.1, 0.15) is 0 Å². The van der Waals surface area contributed by atoms with E-state index < -0.39 is 13.3 Å². The Morgan fingerprint density at radius 3 is 2.45 bits per heavy atom. The van der Waals surface area contributed by atoms with Crippen LogP contribution in [-0.2, 0) is 7.19 Å². The second kappa shape index (κ2) is 3.55. The van der Waals surface area contributed by atoms with Crippen LogP contribution >= 0.6 is 21.2 Å². The number of aliphatic hydroxyl groups excluding tert-OH is 1. The highest BCUT2D eigenvalue weighted by molar-refractivity contribution is 14.2. The van der Waals surface area contributed by atoms with E-state index in [4.69, 9.17) is 0 Å². The fourth-order valence-electron chi connectivity index (χ4n) is 1.26. The summed E-state index contributed by atoms with van der Waals surface area (Å²) < 4.78 is 23.8. The lowest BCUT2D eigenvalue weighted by Gasteiger charge is -2.13. The molecule has 1 rings (SSSR count). The highest BCUT2D eigenvalue weighted by atomic mass is 127. The molecule has 0 aromatic carbocycles. The minimum absolute atomic E-state index is 0.267. The van der Waals surface area contributed by atoms with E-state index in [1.165, 1.54) is 21.2 Å². The van der Waals surface area contributed by atoms with Gasteiger partial charge in [0.15, 0.2) is 0 Å². The molecule has 2 unspecified atom stereocenters. The van der Waals surface area contributed by atoms with Crippen LogP contribution in [0.5, 0.6) is 0 Å². The monoisotopic (exact) mass is 291 g/mol. The van der Waals surface area contributed by atoms with Gasteiger partial charge in [0.2, 0.25) is 0 Å². The topological polar surface area (TPSA) is 66.4 Å². The smallest absolute Gasteiger partial charge is 0.265 e. The van der Waals surface area contributed by atoms with Gasteiger partial charge in [-0.2, -0.15) is 0 Å². The van der Waals surface area contributed by atoms with E-state index in [0.29, 0.717) is 6.42 Å². The van der Waals surface area contributed by atoms with Gasteiger partial charge in [0.25, 0.3) is 7.19 Å². The van der Waals surface area contributed by atoms with Crippen molar-refractivity contribution in [2.24, 2.45) is 0 Å². The molecule has 2 atom stereocenters. The summed E-state index contributed by atoms with van der Waals surface area (Å²) in [6.45, 7) is 0. The zero-order chi connectivity index (χ0) is 8.48. The molecule has 6 heteroatoms. The zero-order valence-electron chi connectivity index (χ0n) is 5.83. The van der Waals surface area contributed by atoms with Crippen LogP contribution in [0.3, 0.4) is 0 Å². The second-order valence-corrected chi connectivity index (χ2v) is 7.25. The van der Waals surface area contributed by atoms with Crippen LogP contribution in [0.4, 0.5) is 0 Å². The van der Waals surface area contributed by atoms with Gasteiger partial charge >= 0.3 is 0 Å². The molecule has 1 aliphatic carbocycles. The van der Waals surface area contributed by atoms with Crippen LogP contribution in [0.15, 0.2) is 0 Å². The first-order chi connectivity index (χ1) is 4.99. The molecule has 0 aromatic rings. The molecular weight excluding hydrogens is 281 g/mol. The zero-order valence-corrected chi connectivity index (χ0v) is 8.80. The highest BCUT2D eigenvalue weighted by Crippen LogP contribution is 2.20. The van der Waals surface area contributed by atoms with Crippen molar-refractivity contribution in [2.75, 3.05) is 0 Å². The van der Waals surface area contributed by atoms with Crippen LogP contribution in [0.1, 0.15) is 19.3 Å². The molecule has 1 saturated carbocycles. The third kappa shape index (κ3) is 3.22. The number of hydrogen-bond donors (Lipinski definition) is 2. The Balaban J connectivity index is 2.50. The molecule has 66 valence electrons. The maximum absolute atomic E-state index is 10.7. The minimum atomic E-state index is -3.18. The van der Waals surface area contributed by atoms with E-state index in [9.17, 15) is 13.5 Å². The fraction of sp³-hybridized carbons (Fsp3) is 1.00. The van der Waals surface area contributed by atoms with Crippen LogP contribution in [-0.4, -0.2) is 25.7 Å². The molecule has 1 aliphatic rings. The molecule has 11 heavy (non-hydrogen) atoms. The van der Waals surface area contributed by atoms with Crippen molar-refractivity contribution in [2.45, 2.75) is 31.4 Å². The van der Waals surface area contributed by atoms with Gasteiger partial charge in [-0.15, -0.1) is 0 Å². The Kier molecular flexibility index (Phi) is 3.12. The largest absolute Gasteiger partial charge is 0.391 e. The average molecular weight is 291 g/mol.